The van der Waals surface area contributed by atoms with E-state index in [1.807, 2.05) is 0 Å². The number of aryl methyl sites for hydroxylation is 1. The van der Waals surface area contributed by atoms with Crippen LogP contribution < -0.4 is 5.32 Å². The molecule has 1 aliphatic heterocycles. The zero-order valence-corrected chi connectivity index (χ0v) is 11.9. The first-order valence-corrected chi connectivity index (χ1v) is 7.17. The molecule has 3 nitrogen and oxygen atoms in total. The van der Waals surface area contributed by atoms with Crippen molar-refractivity contribution < 1.29 is 0 Å². The molecule has 1 unspecified atom stereocenters. The molecule has 1 atom stereocenters. The van der Waals surface area contributed by atoms with E-state index in [1.54, 1.807) is 0 Å². The van der Waals surface area contributed by atoms with Gasteiger partial charge in [0.05, 0.1) is 0 Å². The predicted molar refractivity (Wildman–Crippen MR) is 74.6 cm³/mol. The molecule has 1 aromatic heterocycles. The van der Waals surface area contributed by atoms with Gasteiger partial charge in [0, 0.05) is 17.8 Å². The molecule has 2 heterocycles. The maximum absolute atomic E-state index is 4.73. The standard InChI is InChI=1S/C15H25N3/c1-11(2)7-14-8-12(3)17-15(18-14)9-13-5-4-6-16-10-13/h8,11,13,16H,4-7,9-10H2,1-3H3. The Balaban J connectivity index is 2.04. The summed E-state index contributed by atoms with van der Waals surface area (Å²) in [6, 6.07) is 2.13. The number of rotatable bonds is 4. The molecule has 0 spiro atoms. The zero-order valence-electron chi connectivity index (χ0n) is 11.9. The molecule has 1 N–H and O–H groups in total. The van der Waals surface area contributed by atoms with Crippen LogP contribution >= 0.6 is 0 Å². The van der Waals surface area contributed by atoms with Crippen molar-refractivity contribution in [1.29, 1.82) is 0 Å². The smallest absolute Gasteiger partial charge is 0.129 e. The van der Waals surface area contributed by atoms with Crippen molar-refractivity contribution in [3.05, 3.63) is 23.3 Å². The molecule has 1 fully saturated rings. The summed E-state index contributed by atoms with van der Waals surface area (Å²) in [7, 11) is 0. The summed E-state index contributed by atoms with van der Waals surface area (Å²) in [4.78, 5) is 9.33. The lowest BCUT2D eigenvalue weighted by atomic mass is 9.96. The summed E-state index contributed by atoms with van der Waals surface area (Å²) in [6.45, 7) is 8.85. The molecule has 0 aliphatic carbocycles. The number of hydrogen-bond donors (Lipinski definition) is 1. The summed E-state index contributed by atoms with van der Waals surface area (Å²) in [5, 5.41) is 3.46. The third kappa shape index (κ3) is 4.05. The number of nitrogens with one attached hydrogen (secondary N) is 1. The Bertz CT molecular complexity index is 381. The maximum Gasteiger partial charge on any atom is 0.129 e. The van der Waals surface area contributed by atoms with E-state index < -0.39 is 0 Å². The fourth-order valence-corrected chi connectivity index (χ4v) is 2.67. The summed E-state index contributed by atoms with van der Waals surface area (Å²) >= 11 is 0. The van der Waals surface area contributed by atoms with Crippen LogP contribution in [0.3, 0.4) is 0 Å². The summed E-state index contributed by atoms with van der Waals surface area (Å²) in [6.07, 6.45) is 4.68. The van der Waals surface area contributed by atoms with Gasteiger partial charge in [-0.1, -0.05) is 13.8 Å². The van der Waals surface area contributed by atoms with E-state index in [9.17, 15) is 0 Å². The minimum absolute atomic E-state index is 0.656. The quantitative estimate of drug-likeness (QED) is 0.888. The minimum Gasteiger partial charge on any atom is -0.316 e. The van der Waals surface area contributed by atoms with Crippen molar-refractivity contribution in [3.63, 3.8) is 0 Å². The summed E-state index contributed by atoms with van der Waals surface area (Å²) in [5.74, 6) is 2.41. The maximum atomic E-state index is 4.73. The Morgan fingerprint density at radius 1 is 1.39 bits per heavy atom. The zero-order chi connectivity index (χ0) is 13.0. The summed E-state index contributed by atoms with van der Waals surface area (Å²) < 4.78 is 0. The van der Waals surface area contributed by atoms with Crippen LogP contribution in [-0.2, 0) is 12.8 Å². The Hall–Kier alpha value is -0.960. The Labute approximate surface area is 110 Å². The average Bonchev–Trinajstić information content (AvgIpc) is 2.28. The van der Waals surface area contributed by atoms with Gasteiger partial charge in [-0.2, -0.15) is 0 Å². The molecular weight excluding hydrogens is 222 g/mol. The first-order chi connectivity index (χ1) is 8.63. The highest BCUT2D eigenvalue weighted by molar-refractivity contribution is 5.11. The molecule has 1 aliphatic rings. The third-order valence-corrected chi connectivity index (χ3v) is 3.44. The Kier molecular flexibility index (Phi) is 4.70. The van der Waals surface area contributed by atoms with Gasteiger partial charge in [0.1, 0.15) is 5.82 Å². The number of piperidine rings is 1. The molecule has 1 saturated heterocycles. The molecule has 2 rings (SSSR count). The van der Waals surface area contributed by atoms with Crippen LogP contribution in [0.2, 0.25) is 0 Å². The molecular formula is C15H25N3. The molecule has 0 aromatic carbocycles. The van der Waals surface area contributed by atoms with Gasteiger partial charge in [-0.15, -0.1) is 0 Å². The van der Waals surface area contributed by atoms with Crippen molar-refractivity contribution in [2.75, 3.05) is 13.1 Å². The molecule has 0 bridgehead atoms. The highest BCUT2D eigenvalue weighted by Crippen LogP contribution is 2.15. The second kappa shape index (κ2) is 6.28. The number of aromatic nitrogens is 2. The van der Waals surface area contributed by atoms with Crippen molar-refractivity contribution in [1.82, 2.24) is 15.3 Å². The second-order valence-electron chi connectivity index (χ2n) is 5.93. The first kappa shape index (κ1) is 13.5. The van der Waals surface area contributed by atoms with Gasteiger partial charge < -0.3 is 5.32 Å². The second-order valence-corrected chi connectivity index (χ2v) is 5.93. The van der Waals surface area contributed by atoms with Crippen LogP contribution in [0.4, 0.5) is 0 Å². The van der Waals surface area contributed by atoms with Gasteiger partial charge in [-0.05, 0) is 57.2 Å². The van der Waals surface area contributed by atoms with E-state index in [-0.39, 0.29) is 0 Å². The van der Waals surface area contributed by atoms with Crippen LogP contribution in [0.15, 0.2) is 6.07 Å². The van der Waals surface area contributed by atoms with Gasteiger partial charge >= 0.3 is 0 Å². The van der Waals surface area contributed by atoms with E-state index >= 15 is 0 Å². The molecule has 18 heavy (non-hydrogen) atoms. The first-order valence-electron chi connectivity index (χ1n) is 7.17. The van der Waals surface area contributed by atoms with Gasteiger partial charge in [0.25, 0.3) is 0 Å². The molecule has 0 radical (unpaired) electrons. The normalized spacial score (nSPS) is 20.3. The van der Waals surface area contributed by atoms with Crippen molar-refractivity contribution >= 4 is 0 Å². The van der Waals surface area contributed by atoms with Crippen LogP contribution in [-0.4, -0.2) is 23.1 Å². The number of nitrogens with zero attached hydrogens (tertiary/aromatic N) is 2. The fourth-order valence-electron chi connectivity index (χ4n) is 2.67. The van der Waals surface area contributed by atoms with Crippen LogP contribution in [0.5, 0.6) is 0 Å². The minimum atomic E-state index is 0.656. The lowest BCUT2D eigenvalue weighted by Crippen LogP contribution is -2.31. The summed E-state index contributed by atoms with van der Waals surface area (Å²) in [5.41, 5.74) is 2.32. The topological polar surface area (TPSA) is 37.8 Å². The molecule has 1 aromatic rings. The fraction of sp³-hybridized carbons (Fsp3) is 0.733. The van der Waals surface area contributed by atoms with Gasteiger partial charge in [0.2, 0.25) is 0 Å². The highest BCUT2D eigenvalue weighted by Gasteiger charge is 2.15. The van der Waals surface area contributed by atoms with E-state index in [0.29, 0.717) is 11.8 Å². The van der Waals surface area contributed by atoms with E-state index in [0.717, 1.165) is 30.9 Å². The monoisotopic (exact) mass is 247 g/mol. The van der Waals surface area contributed by atoms with Crippen molar-refractivity contribution in [2.45, 2.75) is 46.5 Å². The van der Waals surface area contributed by atoms with Gasteiger partial charge in [-0.3, -0.25) is 0 Å². The Morgan fingerprint density at radius 3 is 2.89 bits per heavy atom. The van der Waals surface area contributed by atoms with Gasteiger partial charge in [0.15, 0.2) is 0 Å². The van der Waals surface area contributed by atoms with Crippen LogP contribution in [0.25, 0.3) is 0 Å². The van der Waals surface area contributed by atoms with Gasteiger partial charge in [-0.25, -0.2) is 9.97 Å². The lowest BCUT2D eigenvalue weighted by Gasteiger charge is -2.22. The lowest BCUT2D eigenvalue weighted by molar-refractivity contribution is 0.370. The van der Waals surface area contributed by atoms with Crippen molar-refractivity contribution in [3.8, 4) is 0 Å². The van der Waals surface area contributed by atoms with E-state index in [1.165, 1.54) is 25.1 Å². The van der Waals surface area contributed by atoms with Crippen LogP contribution in [0.1, 0.15) is 43.9 Å². The molecule has 0 amide bonds. The largest absolute Gasteiger partial charge is 0.316 e. The highest BCUT2D eigenvalue weighted by atomic mass is 14.9. The van der Waals surface area contributed by atoms with Crippen LogP contribution in [0, 0.1) is 18.8 Å². The average molecular weight is 247 g/mol. The molecule has 0 saturated carbocycles. The van der Waals surface area contributed by atoms with Crippen molar-refractivity contribution in [2.24, 2.45) is 11.8 Å². The predicted octanol–water partition coefficient (Wildman–Crippen LogP) is 2.53. The Morgan fingerprint density at radius 2 is 2.22 bits per heavy atom. The number of hydrogen-bond acceptors (Lipinski definition) is 3. The van der Waals surface area contributed by atoms with E-state index in [2.05, 4.69) is 37.1 Å². The SMILES string of the molecule is Cc1cc(CC(C)C)nc(CC2CCCNC2)n1. The molecule has 3 heteroatoms. The van der Waals surface area contributed by atoms with E-state index in [4.69, 9.17) is 4.98 Å². The third-order valence-electron chi connectivity index (χ3n) is 3.44. The molecule has 100 valence electrons.